The zero-order valence-corrected chi connectivity index (χ0v) is 5.43. The molecule has 4 N–H and O–H groups in total. The Balaban J connectivity index is 0.000000640. The molecule has 1 aromatic heterocycles. The summed E-state index contributed by atoms with van der Waals surface area (Å²) in [4.78, 5) is 7.34. The number of nitrogens with zero attached hydrogens (tertiary/aromatic N) is 2. The van der Waals surface area contributed by atoms with Gasteiger partial charge in [-0.3, -0.25) is 0 Å². The summed E-state index contributed by atoms with van der Waals surface area (Å²) in [5.74, 6) is 0.776. The standard InChI is InChI=1S/C4H6N4.ClH/c5-3-1-7-4(6)2-8-3;/h1-2H,(H2,6,7)(H2,5,8);1H. The van der Waals surface area contributed by atoms with E-state index < -0.39 is 0 Å². The van der Waals surface area contributed by atoms with Crippen LogP contribution in [0.4, 0.5) is 11.6 Å². The summed E-state index contributed by atoms with van der Waals surface area (Å²) in [5.41, 5.74) is 10.4. The number of hydrogen-bond acceptors (Lipinski definition) is 4. The van der Waals surface area contributed by atoms with E-state index in [1.807, 2.05) is 0 Å². The van der Waals surface area contributed by atoms with E-state index in [0.717, 1.165) is 0 Å². The van der Waals surface area contributed by atoms with Gasteiger partial charge in [0, 0.05) is 0 Å². The van der Waals surface area contributed by atoms with E-state index in [4.69, 9.17) is 11.5 Å². The number of nitrogens with two attached hydrogens (primary N) is 2. The van der Waals surface area contributed by atoms with E-state index in [-0.39, 0.29) is 12.4 Å². The van der Waals surface area contributed by atoms with E-state index >= 15 is 0 Å². The molecule has 1 heterocycles. The minimum atomic E-state index is 0. The monoisotopic (exact) mass is 146 g/mol. The lowest BCUT2D eigenvalue weighted by molar-refractivity contribution is 1.22. The third-order valence-corrected chi connectivity index (χ3v) is 0.692. The molecule has 1 rings (SSSR count). The number of nitrogen functional groups attached to an aromatic ring is 2. The molecule has 0 unspecified atom stereocenters. The van der Waals surface area contributed by atoms with Crippen molar-refractivity contribution in [1.82, 2.24) is 9.97 Å². The number of halogens is 1. The fourth-order valence-corrected chi connectivity index (χ4v) is 0.348. The molecule has 0 saturated heterocycles. The molecule has 9 heavy (non-hydrogen) atoms. The summed E-state index contributed by atoms with van der Waals surface area (Å²) in [6.45, 7) is 0. The minimum absolute atomic E-state index is 0. The number of aromatic nitrogens is 2. The van der Waals surface area contributed by atoms with Crippen LogP contribution in [-0.2, 0) is 0 Å². The Labute approximate surface area is 58.7 Å². The van der Waals surface area contributed by atoms with Crippen molar-refractivity contribution < 1.29 is 0 Å². The molecule has 0 aliphatic heterocycles. The van der Waals surface area contributed by atoms with Crippen LogP contribution >= 0.6 is 12.4 Å². The van der Waals surface area contributed by atoms with Crippen molar-refractivity contribution in [2.24, 2.45) is 0 Å². The third-order valence-electron chi connectivity index (χ3n) is 0.692. The maximum atomic E-state index is 5.20. The lowest BCUT2D eigenvalue weighted by Gasteiger charge is -1.88. The molecule has 1 aromatic rings. The molecule has 0 aliphatic rings. The smallest absolute Gasteiger partial charge is 0.142 e. The van der Waals surface area contributed by atoms with Crippen molar-refractivity contribution in [2.45, 2.75) is 0 Å². The molecule has 0 amide bonds. The highest BCUT2D eigenvalue weighted by molar-refractivity contribution is 5.85. The molecule has 0 spiro atoms. The van der Waals surface area contributed by atoms with Gasteiger partial charge in [-0.05, 0) is 0 Å². The van der Waals surface area contributed by atoms with E-state index in [0.29, 0.717) is 11.6 Å². The van der Waals surface area contributed by atoms with Gasteiger partial charge in [-0.25, -0.2) is 9.97 Å². The molecule has 0 fully saturated rings. The lowest BCUT2D eigenvalue weighted by atomic mass is 10.6. The Morgan fingerprint density at radius 2 is 1.33 bits per heavy atom. The highest BCUT2D eigenvalue weighted by Crippen LogP contribution is 1.94. The summed E-state index contributed by atoms with van der Waals surface area (Å²) >= 11 is 0. The first-order chi connectivity index (χ1) is 3.79. The Bertz CT molecular complexity index is 151. The first-order valence-corrected chi connectivity index (χ1v) is 2.12. The van der Waals surface area contributed by atoms with Crippen LogP contribution in [0, 0.1) is 0 Å². The zero-order valence-electron chi connectivity index (χ0n) is 4.61. The Kier molecular flexibility index (Phi) is 2.73. The molecule has 0 atom stereocenters. The predicted octanol–water partition coefficient (Wildman–Crippen LogP) is 0.0628. The highest BCUT2D eigenvalue weighted by atomic mass is 35.5. The quantitative estimate of drug-likeness (QED) is 0.543. The molecule has 0 radical (unpaired) electrons. The van der Waals surface area contributed by atoms with Gasteiger partial charge >= 0.3 is 0 Å². The summed E-state index contributed by atoms with van der Waals surface area (Å²) in [5, 5.41) is 0. The van der Waals surface area contributed by atoms with Gasteiger partial charge in [0.1, 0.15) is 11.6 Å². The fourth-order valence-electron chi connectivity index (χ4n) is 0.348. The van der Waals surface area contributed by atoms with Crippen molar-refractivity contribution in [3.63, 3.8) is 0 Å². The van der Waals surface area contributed by atoms with Crippen molar-refractivity contribution >= 4 is 24.0 Å². The predicted molar refractivity (Wildman–Crippen MR) is 38.1 cm³/mol. The molecule has 0 aliphatic carbocycles. The second kappa shape index (κ2) is 3.09. The third kappa shape index (κ3) is 2.14. The van der Waals surface area contributed by atoms with Gasteiger partial charge in [-0.2, -0.15) is 0 Å². The molecule has 50 valence electrons. The number of rotatable bonds is 0. The molecule has 4 nitrogen and oxygen atoms in total. The lowest BCUT2D eigenvalue weighted by Crippen LogP contribution is -1.94. The van der Waals surface area contributed by atoms with Gasteiger partial charge in [0.25, 0.3) is 0 Å². The largest absolute Gasteiger partial charge is 0.382 e. The molecule has 5 heteroatoms. The van der Waals surface area contributed by atoms with Crippen molar-refractivity contribution in [2.75, 3.05) is 11.5 Å². The highest BCUT2D eigenvalue weighted by Gasteiger charge is 1.83. The van der Waals surface area contributed by atoms with Gasteiger partial charge in [0.05, 0.1) is 12.4 Å². The van der Waals surface area contributed by atoms with Crippen LogP contribution in [0.5, 0.6) is 0 Å². The summed E-state index contributed by atoms with van der Waals surface area (Å²) < 4.78 is 0. The second-order valence-corrected chi connectivity index (χ2v) is 1.37. The summed E-state index contributed by atoms with van der Waals surface area (Å²) in [7, 11) is 0. The maximum absolute atomic E-state index is 5.20. The molecular formula is C4H7ClN4. The SMILES string of the molecule is Cl.Nc1cnc(N)cn1. The van der Waals surface area contributed by atoms with E-state index in [1.165, 1.54) is 12.4 Å². The first-order valence-electron chi connectivity index (χ1n) is 2.12. The van der Waals surface area contributed by atoms with E-state index in [2.05, 4.69) is 9.97 Å². The van der Waals surface area contributed by atoms with Gasteiger partial charge in [0.2, 0.25) is 0 Å². The van der Waals surface area contributed by atoms with Crippen LogP contribution in [0.1, 0.15) is 0 Å². The zero-order chi connectivity index (χ0) is 5.98. The Morgan fingerprint density at radius 1 is 1.00 bits per heavy atom. The molecule has 0 aromatic carbocycles. The minimum Gasteiger partial charge on any atom is -0.382 e. The van der Waals surface area contributed by atoms with E-state index in [9.17, 15) is 0 Å². The fraction of sp³-hybridized carbons (Fsp3) is 0. The van der Waals surface area contributed by atoms with Gasteiger partial charge in [-0.1, -0.05) is 0 Å². The van der Waals surface area contributed by atoms with Gasteiger partial charge in [-0.15, -0.1) is 12.4 Å². The van der Waals surface area contributed by atoms with Crippen LogP contribution < -0.4 is 11.5 Å². The molecular weight excluding hydrogens is 140 g/mol. The van der Waals surface area contributed by atoms with Crippen molar-refractivity contribution in [3.05, 3.63) is 12.4 Å². The normalized spacial score (nSPS) is 8.00. The van der Waals surface area contributed by atoms with Crippen LogP contribution in [-0.4, -0.2) is 9.97 Å². The number of anilines is 2. The van der Waals surface area contributed by atoms with Gasteiger partial charge in [0.15, 0.2) is 0 Å². The average molecular weight is 147 g/mol. The van der Waals surface area contributed by atoms with Crippen molar-refractivity contribution in [3.8, 4) is 0 Å². The van der Waals surface area contributed by atoms with Crippen LogP contribution in [0.2, 0.25) is 0 Å². The average Bonchev–Trinajstić information content (AvgIpc) is 1.77. The Morgan fingerprint density at radius 3 is 1.56 bits per heavy atom. The van der Waals surface area contributed by atoms with Crippen LogP contribution in [0.25, 0.3) is 0 Å². The second-order valence-electron chi connectivity index (χ2n) is 1.37. The van der Waals surface area contributed by atoms with Gasteiger partial charge < -0.3 is 11.5 Å². The summed E-state index contributed by atoms with van der Waals surface area (Å²) in [6, 6.07) is 0. The maximum Gasteiger partial charge on any atom is 0.142 e. The molecule has 0 saturated carbocycles. The summed E-state index contributed by atoms with van der Waals surface area (Å²) in [6.07, 6.45) is 2.82. The number of hydrogen-bond donors (Lipinski definition) is 2. The first kappa shape index (κ1) is 7.97. The Hall–Kier alpha value is -1.03. The van der Waals surface area contributed by atoms with E-state index in [1.54, 1.807) is 0 Å². The molecule has 0 bridgehead atoms. The van der Waals surface area contributed by atoms with Crippen LogP contribution in [0.15, 0.2) is 12.4 Å². The van der Waals surface area contributed by atoms with Crippen molar-refractivity contribution in [1.29, 1.82) is 0 Å². The topological polar surface area (TPSA) is 77.8 Å². The van der Waals surface area contributed by atoms with Crippen LogP contribution in [0.3, 0.4) is 0 Å².